The van der Waals surface area contributed by atoms with Crippen molar-refractivity contribution in [3.63, 3.8) is 0 Å². The summed E-state index contributed by atoms with van der Waals surface area (Å²) in [6, 6.07) is 0.200. The fourth-order valence-corrected chi connectivity index (χ4v) is 2.14. The fraction of sp³-hybridized carbons (Fsp3) is 0.846. The maximum atomic E-state index is 11.9. The zero-order valence-electron chi connectivity index (χ0n) is 11.2. The van der Waals surface area contributed by atoms with E-state index in [0.29, 0.717) is 25.3 Å². The summed E-state index contributed by atoms with van der Waals surface area (Å²) in [5.74, 6) is 0.408. The van der Waals surface area contributed by atoms with Gasteiger partial charge in [-0.05, 0) is 25.3 Å². The molecule has 1 rings (SSSR count). The monoisotopic (exact) mass is 240 g/mol. The predicted octanol–water partition coefficient (Wildman–Crippen LogP) is 1.55. The maximum absolute atomic E-state index is 11.9. The molecule has 1 atom stereocenters. The number of carbonyl (C=O) groups excluding carboxylic acids is 2. The Labute approximate surface area is 104 Å². The normalized spacial score (nSPS) is 19.6. The van der Waals surface area contributed by atoms with E-state index >= 15 is 0 Å². The molecule has 1 aliphatic rings. The van der Waals surface area contributed by atoms with Crippen molar-refractivity contribution in [1.29, 1.82) is 0 Å². The Morgan fingerprint density at radius 3 is 2.12 bits per heavy atom. The fourth-order valence-electron chi connectivity index (χ4n) is 2.14. The molecule has 1 aliphatic heterocycles. The first-order chi connectivity index (χ1) is 8.06. The minimum atomic E-state index is -0.00365. The smallest absolute Gasteiger partial charge is 0.229 e. The molecule has 0 saturated carbocycles. The van der Waals surface area contributed by atoms with Gasteiger partial charge < -0.3 is 5.32 Å². The lowest BCUT2D eigenvalue weighted by atomic mass is 10.0. The number of hydrogen-bond acceptors (Lipinski definition) is 3. The Morgan fingerprint density at radius 1 is 1.18 bits per heavy atom. The number of hydrogen-bond donors (Lipinski definition) is 1. The molecule has 17 heavy (non-hydrogen) atoms. The molecular weight excluding hydrogens is 216 g/mol. The van der Waals surface area contributed by atoms with Gasteiger partial charge in [0.25, 0.3) is 0 Å². The molecule has 98 valence electrons. The molecule has 0 aromatic rings. The second-order valence-electron chi connectivity index (χ2n) is 5.01. The zero-order valence-corrected chi connectivity index (χ0v) is 11.2. The van der Waals surface area contributed by atoms with Gasteiger partial charge in [0.05, 0.1) is 0 Å². The average molecular weight is 240 g/mol. The average Bonchev–Trinajstić information content (AvgIpc) is 2.42. The van der Waals surface area contributed by atoms with Crippen molar-refractivity contribution >= 4 is 11.8 Å². The third-order valence-corrected chi connectivity index (χ3v) is 3.28. The largest absolute Gasteiger partial charge is 0.312 e. The van der Waals surface area contributed by atoms with Crippen LogP contribution in [0.4, 0.5) is 0 Å². The van der Waals surface area contributed by atoms with E-state index in [-0.39, 0.29) is 17.9 Å². The maximum Gasteiger partial charge on any atom is 0.229 e. The van der Waals surface area contributed by atoms with Crippen molar-refractivity contribution < 1.29 is 9.59 Å². The molecular formula is C13H24N2O2. The van der Waals surface area contributed by atoms with Crippen LogP contribution in [-0.4, -0.2) is 35.8 Å². The number of imide groups is 1. The van der Waals surface area contributed by atoms with E-state index in [1.807, 2.05) is 6.92 Å². The summed E-state index contributed by atoms with van der Waals surface area (Å²) in [7, 11) is 0. The highest BCUT2D eigenvalue weighted by Crippen LogP contribution is 2.14. The van der Waals surface area contributed by atoms with Crippen LogP contribution in [0.5, 0.6) is 0 Å². The van der Waals surface area contributed by atoms with Crippen LogP contribution in [0.2, 0.25) is 0 Å². The molecule has 1 N–H and O–H groups in total. The van der Waals surface area contributed by atoms with E-state index in [2.05, 4.69) is 19.2 Å². The van der Waals surface area contributed by atoms with Gasteiger partial charge in [-0.3, -0.25) is 14.5 Å². The van der Waals surface area contributed by atoms with Gasteiger partial charge in [0.2, 0.25) is 11.8 Å². The molecule has 1 saturated heterocycles. The third-order valence-electron chi connectivity index (χ3n) is 3.28. The second kappa shape index (κ2) is 6.74. The molecule has 0 radical (unpaired) electrons. The summed E-state index contributed by atoms with van der Waals surface area (Å²) in [5.41, 5.74) is 0. The molecule has 0 aromatic carbocycles. The lowest BCUT2D eigenvalue weighted by Crippen LogP contribution is -2.48. The molecule has 4 heteroatoms. The van der Waals surface area contributed by atoms with E-state index in [4.69, 9.17) is 0 Å². The number of likely N-dealkylation sites (N-methyl/N-ethyl adjacent to an activating group) is 1. The SMILES string of the molecule is CCNC(CN1C(=O)CCCCC1=O)C(C)C. The van der Waals surface area contributed by atoms with Gasteiger partial charge in [0, 0.05) is 25.4 Å². The van der Waals surface area contributed by atoms with Gasteiger partial charge in [-0.25, -0.2) is 0 Å². The Balaban J connectivity index is 2.67. The van der Waals surface area contributed by atoms with Crippen LogP contribution in [0.25, 0.3) is 0 Å². The van der Waals surface area contributed by atoms with E-state index in [9.17, 15) is 9.59 Å². The molecule has 0 aromatic heterocycles. The standard InChI is InChI=1S/C13H24N2O2/c1-4-14-11(10(2)3)9-15-12(16)7-5-6-8-13(15)17/h10-11,14H,4-9H2,1-3H3. The summed E-state index contributed by atoms with van der Waals surface area (Å²) in [6.45, 7) is 7.64. The Kier molecular flexibility index (Phi) is 5.62. The van der Waals surface area contributed by atoms with Crippen molar-refractivity contribution in [1.82, 2.24) is 10.2 Å². The molecule has 2 amide bonds. The van der Waals surface area contributed by atoms with E-state index < -0.39 is 0 Å². The molecule has 1 heterocycles. The molecule has 4 nitrogen and oxygen atoms in total. The lowest BCUT2D eigenvalue weighted by molar-refractivity contribution is -0.144. The Bertz CT molecular complexity index is 259. The molecule has 0 bridgehead atoms. The number of likely N-dealkylation sites (tertiary alicyclic amines) is 1. The van der Waals surface area contributed by atoms with Crippen molar-refractivity contribution in [3.05, 3.63) is 0 Å². The summed E-state index contributed by atoms with van der Waals surface area (Å²) in [4.78, 5) is 25.2. The lowest BCUT2D eigenvalue weighted by Gasteiger charge is -2.28. The highest BCUT2D eigenvalue weighted by molar-refractivity contribution is 5.96. The number of carbonyl (C=O) groups is 2. The molecule has 0 spiro atoms. The molecule has 1 fully saturated rings. The van der Waals surface area contributed by atoms with Crippen LogP contribution in [0.3, 0.4) is 0 Å². The van der Waals surface area contributed by atoms with Crippen molar-refractivity contribution in [2.75, 3.05) is 13.1 Å². The summed E-state index contributed by atoms with van der Waals surface area (Å²) < 4.78 is 0. The predicted molar refractivity (Wildman–Crippen MR) is 67.5 cm³/mol. The highest BCUT2D eigenvalue weighted by atomic mass is 16.2. The van der Waals surface area contributed by atoms with E-state index in [1.165, 1.54) is 4.90 Å². The van der Waals surface area contributed by atoms with E-state index in [0.717, 1.165) is 19.4 Å². The van der Waals surface area contributed by atoms with Crippen molar-refractivity contribution in [2.45, 2.75) is 52.5 Å². The topological polar surface area (TPSA) is 49.4 Å². The molecule has 0 aliphatic carbocycles. The first kappa shape index (κ1) is 14.2. The number of nitrogens with one attached hydrogen (secondary N) is 1. The quantitative estimate of drug-likeness (QED) is 0.742. The van der Waals surface area contributed by atoms with Gasteiger partial charge in [0.1, 0.15) is 0 Å². The first-order valence-corrected chi connectivity index (χ1v) is 6.62. The third kappa shape index (κ3) is 4.11. The highest BCUT2D eigenvalue weighted by Gasteiger charge is 2.27. The van der Waals surface area contributed by atoms with Crippen LogP contribution >= 0.6 is 0 Å². The van der Waals surface area contributed by atoms with Crippen molar-refractivity contribution in [2.24, 2.45) is 5.92 Å². The van der Waals surface area contributed by atoms with Gasteiger partial charge in [-0.15, -0.1) is 0 Å². The minimum absolute atomic E-state index is 0.00365. The van der Waals surface area contributed by atoms with Crippen LogP contribution in [0.15, 0.2) is 0 Å². The zero-order chi connectivity index (χ0) is 12.8. The van der Waals surface area contributed by atoms with Crippen LogP contribution in [0, 0.1) is 5.92 Å². The molecule has 1 unspecified atom stereocenters. The van der Waals surface area contributed by atoms with Gasteiger partial charge in [0.15, 0.2) is 0 Å². The number of amides is 2. The van der Waals surface area contributed by atoms with Gasteiger partial charge in [-0.2, -0.15) is 0 Å². The van der Waals surface area contributed by atoms with Gasteiger partial charge in [-0.1, -0.05) is 20.8 Å². The number of nitrogens with zero attached hydrogens (tertiary/aromatic N) is 1. The Hall–Kier alpha value is -0.900. The summed E-state index contributed by atoms with van der Waals surface area (Å²) in [5, 5.41) is 3.34. The first-order valence-electron chi connectivity index (χ1n) is 6.62. The Morgan fingerprint density at radius 2 is 1.71 bits per heavy atom. The second-order valence-corrected chi connectivity index (χ2v) is 5.01. The summed E-state index contributed by atoms with van der Waals surface area (Å²) >= 11 is 0. The van der Waals surface area contributed by atoms with Crippen molar-refractivity contribution in [3.8, 4) is 0 Å². The minimum Gasteiger partial charge on any atom is -0.312 e. The van der Waals surface area contributed by atoms with Crippen LogP contribution in [-0.2, 0) is 9.59 Å². The summed E-state index contributed by atoms with van der Waals surface area (Å²) in [6.07, 6.45) is 2.72. The number of rotatable bonds is 5. The van der Waals surface area contributed by atoms with Gasteiger partial charge >= 0.3 is 0 Å². The van der Waals surface area contributed by atoms with Crippen LogP contribution < -0.4 is 5.32 Å². The van der Waals surface area contributed by atoms with Crippen LogP contribution in [0.1, 0.15) is 46.5 Å². The van der Waals surface area contributed by atoms with E-state index in [1.54, 1.807) is 0 Å².